The highest BCUT2D eigenvalue weighted by Gasteiger charge is 2.40. The topological polar surface area (TPSA) is 117 Å². The summed E-state index contributed by atoms with van der Waals surface area (Å²) in [4.78, 5) is 14.2. The standard InChI is InChI=1S/C25H33Cl2N7O2/c1-14-23-25(34(31-14)15(2)18-6-5-16(26)10-20(18)27)30-22(11-29-23)32-9-7-21(19(12-32)24(28)36)33-8-3-4-17(33)13-35/h5-6,10-11,15,17,19,21,24,35-36H,3-4,7-9,12-13,28H2,1-2H3/t15-,17?,19?,21?,24+/m1/s1. The predicted octanol–water partition coefficient (Wildman–Crippen LogP) is 2.98. The van der Waals surface area contributed by atoms with Crippen LogP contribution in [-0.2, 0) is 0 Å². The summed E-state index contributed by atoms with van der Waals surface area (Å²) >= 11 is 12.6. The summed E-state index contributed by atoms with van der Waals surface area (Å²) in [5.74, 6) is 0.559. The number of rotatable bonds is 6. The first kappa shape index (κ1) is 25.6. The van der Waals surface area contributed by atoms with Gasteiger partial charge in [-0.25, -0.2) is 14.6 Å². The molecule has 0 aliphatic carbocycles. The first-order chi connectivity index (χ1) is 17.3. The van der Waals surface area contributed by atoms with Gasteiger partial charge in [0.1, 0.15) is 17.6 Å². The molecule has 4 N–H and O–H groups in total. The van der Waals surface area contributed by atoms with Crippen LogP contribution in [0.3, 0.4) is 0 Å². The van der Waals surface area contributed by atoms with Crippen molar-refractivity contribution in [2.45, 2.75) is 57.5 Å². The Bertz CT molecular complexity index is 1240. The van der Waals surface area contributed by atoms with Crippen molar-refractivity contribution >= 4 is 40.2 Å². The molecule has 2 aliphatic heterocycles. The summed E-state index contributed by atoms with van der Waals surface area (Å²) in [6.07, 6.45) is 3.67. The van der Waals surface area contributed by atoms with Gasteiger partial charge in [0.2, 0.25) is 0 Å². The van der Waals surface area contributed by atoms with Gasteiger partial charge >= 0.3 is 0 Å². The van der Waals surface area contributed by atoms with Crippen LogP contribution in [0, 0.1) is 12.8 Å². The third kappa shape index (κ3) is 4.68. The van der Waals surface area contributed by atoms with Gasteiger partial charge in [0.15, 0.2) is 5.65 Å². The number of hydrogen-bond acceptors (Lipinski definition) is 8. The summed E-state index contributed by atoms with van der Waals surface area (Å²) < 4.78 is 1.86. The van der Waals surface area contributed by atoms with Crippen LogP contribution < -0.4 is 10.6 Å². The molecular weight excluding hydrogens is 501 g/mol. The van der Waals surface area contributed by atoms with E-state index in [4.69, 9.17) is 44.0 Å². The number of fused-ring (bicyclic) bond motifs is 1. The van der Waals surface area contributed by atoms with E-state index in [0.717, 1.165) is 54.9 Å². The lowest BCUT2D eigenvalue weighted by atomic mass is 9.89. The molecule has 9 nitrogen and oxygen atoms in total. The van der Waals surface area contributed by atoms with E-state index in [-0.39, 0.29) is 30.7 Å². The minimum absolute atomic E-state index is 0.123. The number of nitrogens with zero attached hydrogens (tertiary/aromatic N) is 6. The van der Waals surface area contributed by atoms with Crippen molar-refractivity contribution in [2.24, 2.45) is 11.7 Å². The summed E-state index contributed by atoms with van der Waals surface area (Å²) in [5, 5.41) is 26.2. The monoisotopic (exact) mass is 533 g/mol. The maximum atomic E-state index is 10.5. The number of anilines is 1. The third-order valence-electron chi connectivity index (χ3n) is 7.78. The van der Waals surface area contributed by atoms with Crippen LogP contribution in [0.5, 0.6) is 0 Å². The summed E-state index contributed by atoms with van der Waals surface area (Å²) in [6, 6.07) is 5.54. The van der Waals surface area contributed by atoms with Gasteiger partial charge in [-0.3, -0.25) is 4.90 Å². The predicted molar refractivity (Wildman–Crippen MR) is 141 cm³/mol. The highest BCUT2D eigenvalue weighted by molar-refractivity contribution is 6.35. The summed E-state index contributed by atoms with van der Waals surface area (Å²) in [7, 11) is 0. The Labute approximate surface area is 220 Å². The molecule has 36 heavy (non-hydrogen) atoms. The molecule has 0 radical (unpaired) electrons. The number of halogens is 2. The normalized spacial score (nSPS) is 25.0. The molecule has 194 valence electrons. The number of likely N-dealkylation sites (tertiary alicyclic amines) is 1. The Kier molecular flexibility index (Phi) is 7.40. The molecule has 0 bridgehead atoms. The van der Waals surface area contributed by atoms with E-state index in [2.05, 4.69) is 9.80 Å². The Morgan fingerprint density at radius 2 is 2.03 bits per heavy atom. The highest BCUT2D eigenvalue weighted by atomic mass is 35.5. The molecule has 1 aromatic carbocycles. The lowest BCUT2D eigenvalue weighted by molar-refractivity contribution is 0.0133. The molecule has 2 saturated heterocycles. The molecule has 5 atom stereocenters. The zero-order chi connectivity index (χ0) is 25.6. The minimum Gasteiger partial charge on any atom is -0.395 e. The molecule has 4 heterocycles. The van der Waals surface area contributed by atoms with E-state index in [1.54, 1.807) is 12.3 Å². The summed E-state index contributed by atoms with van der Waals surface area (Å²) in [6.45, 7) is 6.32. The molecule has 5 rings (SSSR count). The first-order valence-corrected chi connectivity index (χ1v) is 13.3. The lowest BCUT2D eigenvalue weighted by Gasteiger charge is -2.45. The van der Waals surface area contributed by atoms with E-state index in [9.17, 15) is 10.2 Å². The number of piperidine rings is 1. The molecule has 11 heteroatoms. The van der Waals surface area contributed by atoms with Crippen LogP contribution in [0.1, 0.15) is 43.5 Å². The Balaban J connectivity index is 1.44. The van der Waals surface area contributed by atoms with Crippen molar-refractivity contribution in [3.63, 3.8) is 0 Å². The maximum absolute atomic E-state index is 10.5. The van der Waals surface area contributed by atoms with Gasteiger partial charge < -0.3 is 20.8 Å². The van der Waals surface area contributed by atoms with Crippen molar-refractivity contribution in [1.82, 2.24) is 24.6 Å². The van der Waals surface area contributed by atoms with Gasteiger partial charge in [-0.2, -0.15) is 5.10 Å². The van der Waals surface area contributed by atoms with E-state index in [1.165, 1.54) is 0 Å². The number of aliphatic hydroxyl groups is 2. The van der Waals surface area contributed by atoms with Gasteiger partial charge in [-0.05, 0) is 57.4 Å². The largest absolute Gasteiger partial charge is 0.395 e. The molecule has 3 unspecified atom stereocenters. The number of aryl methyl sites for hydroxylation is 1. The fraction of sp³-hybridized carbons (Fsp3) is 0.560. The van der Waals surface area contributed by atoms with Gasteiger partial charge in [0, 0.05) is 41.1 Å². The van der Waals surface area contributed by atoms with Gasteiger partial charge in [-0.15, -0.1) is 0 Å². The number of benzene rings is 1. The molecule has 3 aromatic rings. The van der Waals surface area contributed by atoms with Crippen molar-refractivity contribution in [1.29, 1.82) is 0 Å². The molecule has 2 aromatic heterocycles. The summed E-state index contributed by atoms with van der Waals surface area (Å²) in [5.41, 5.74) is 9.17. The van der Waals surface area contributed by atoms with Gasteiger partial charge in [-0.1, -0.05) is 29.3 Å². The number of hydrogen-bond donors (Lipinski definition) is 3. The average Bonchev–Trinajstić information content (AvgIpc) is 3.47. The lowest BCUT2D eigenvalue weighted by Crippen LogP contribution is -2.58. The van der Waals surface area contributed by atoms with E-state index < -0.39 is 6.23 Å². The van der Waals surface area contributed by atoms with Gasteiger partial charge in [0.25, 0.3) is 0 Å². The fourth-order valence-electron chi connectivity index (χ4n) is 5.85. The molecule has 2 fully saturated rings. The Hall–Kier alpha value is -2.01. The van der Waals surface area contributed by atoms with E-state index in [1.807, 2.05) is 30.7 Å². The average molecular weight is 534 g/mol. The van der Waals surface area contributed by atoms with Crippen LogP contribution >= 0.6 is 23.2 Å². The zero-order valence-electron chi connectivity index (χ0n) is 20.6. The van der Waals surface area contributed by atoms with Crippen LogP contribution in [0.2, 0.25) is 10.0 Å². The van der Waals surface area contributed by atoms with Crippen LogP contribution in [0.15, 0.2) is 24.4 Å². The molecular formula is C25H33Cl2N7O2. The van der Waals surface area contributed by atoms with E-state index >= 15 is 0 Å². The minimum atomic E-state index is -0.964. The quantitative estimate of drug-likeness (QED) is 0.414. The number of aliphatic hydroxyl groups excluding tert-OH is 2. The van der Waals surface area contributed by atoms with Crippen molar-refractivity contribution in [3.05, 3.63) is 45.7 Å². The Morgan fingerprint density at radius 3 is 2.75 bits per heavy atom. The number of nitrogens with two attached hydrogens (primary N) is 1. The van der Waals surface area contributed by atoms with Crippen molar-refractivity contribution in [3.8, 4) is 0 Å². The van der Waals surface area contributed by atoms with Crippen LogP contribution in [-0.4, -0.2) is 79.4 Å². The fourth-order valence-corrected chi connectivity index (χ4v) is 6.42. The van der Waals surface area contributed by atoms with Crippen molar-refractivity contribution in [2.75, 3.05) is 31.1 Å². The maximum Gasteiger partial charge on any atom is 0.179 e. The Morgan fingerprint density at radius 1 is 1.22 bits per heavy atom. The van der Waals surface area contributed by atoms with Crippen LogP contribution in [0.4, 0.5) is 5.82 Å². The van der Waals surface area contributed by atoms with Gasteiger partial charge in [0.05, 0.1) is 24.5 Å². The second-order valence-electron chi connectivity index (χ2n) is 9.95. The van der Waals surface area contributed by atoms with Crippen LogP contribution in [0.25, 0.3) is 11.2 Å². The third-order valence-corrected chi connectivity index (χ3v) is 8.34. The molecule has 0 saturated carbocycles. The number of aromatic nitrogens is 4. The van der Waals surface area contributed by atoms with Crippen molar-refractivity contribution < 1.29 is 10.2 Å². The molecule has 2 aliphatic rings. The second kappa shape index (κ2) is 10.4. The van der Waals surface area contributed by atoms with E-state index in [0.29, 0.717) is 22.2 Å². The smallest absolute Gasteiger partial charge is 0.179 e. The second-order valence-corrected chi connectivity index (χ2v) is 10.8. The first-order valence-electron chi connectivity index (χ1n) is 12.5. The molecule has 0 amide bonds. The zero-order valence-corrected chi connectivity index (χ0v) is 22.1. The highest BCUT2D eigenvalue weighted by Crippen LogP contribution is 2.34. The SMILES string of the molecule is Cc1nn([C@H](C)c2ccc(Cl)cc2Cl)c2nc(N3CCC(N4CCCC4CO)C([C@@H](N)O)C3)cnc12. The molecule has 0 spiro atoms.